The molecule has 0 radical (unpaired) electrons. The molecule has 0 atom stereocenters. The van der Waals surface area contributed by atoms with Crippen molar-refractivity contribution in [3.63, 3.8) is 0 Å². The van der Waals surface area contributed by atoms with Gasteiger partial charge in [-0.15, -0.1) is 0 Å². The summed E-state index contributed by atoms with van der Waals surface area (Å²) in [5.41, 5.74) is 0. The molecule has 21 heavy (non-hydrogen) atoms. The zero-order valence-corrected chi connectivity index (χ0v) is 14.7. The van der Waals surface area contributed by atoms with Gasteiger partial charge in [-0.25, -0.2) is 0 Å². The first-order valence-corrected chi connectivity index (χ1v) is 5.30. The maximum Gasteiger partial charge on any atom is 0.261 e. The molecule has 0 rings (SSSR count). The summed E-state index contributed by atoms with van der Waals surface area (Å²) in [5.74, 6) is -1.96. The fourth-order valence-corrected chi connectivity index (χ4v) is 0.955. The third-order valence-corrected chi connectivity index (χ3v) is 1.50. The number of hydrogen-bond donors (Lipinski definition) is 0. The minimum Gasteiger partial charge on any atom is -0.300 e. The monoisotopic (exact) mass is 354 g/mol. The second-order valence-corrected chi connectivity index (χ2v) is 3.82. The van der Waals surface area contributed by atoms with Gasteiger partial charge < -0.3 is 0 Å². The van der Waals surface area contributed by atoms with Gasteiger partial charge in [0.25, 0.3) is 13.1 Å². The van der Waals surface area contributed by atoms with Crippen molar-refractivity contribution in [2.24, 2.45) is 0 Å². The normalized spacial score (nSPS) is 8.48. The average Bonchev–Trinajstić information content (AvgIpc) is 2.11. The molecule has 0 aromatic heterocycles. The van der Waals surface area contributed by atoms with Crippen LogP contribution in [0.25, 0.3) is 0 Å². The number of ketones is 4. The van der Waals surface area contributed by atoms with Crippen molar-refractivity contribution in [1.29, 1.82) is 0 Å². The van der Waals surface area contributed by atoms with E-state index in [2.05, 4.69) is 0 Å². The molecule has 0 N–H and O–H groups in total. The summed E-state index contributed by atoms with van der Waals surface area (Å²) in [7, 11) is 0. The molecule has 10 nitrogen and oxygen atoms in total. The van der Waals surface area contributed by atoms with Crippen molar-refractivity contribution in [2.75, 3.05) is 13.1 Å². The fraction of sp³-hybridized carbons (Fsp3) is 0.600. The number of nitro groups is 2. The van der Waals surface area contributed by atoms with E-state index in [1.54, 1.807) is 0 Å². The molecule has 0 aliphatic carbocycles. The van der Waals surface area contributed by atoms with Crippen molar-refractivity contribution >= 4 is 23.1 Å². The molecule has 0 aliphatic heterocycles. The van der Waals surface area contributed by atoms with Crippen molar-refractivity contribution in [3.05, 3.63) is 20.2 Å². The van der Waals surface area contributed by atoms with Crippen LogP contribution in [0.3, 0.4) is 0 Å². The van der Waals surface area contributed by atoms with Gasteiger partial charge in [-0.3, -0.25) is 39.4 Å². The third kappa shape index (κ3) is 23.6. The number of nitrogens with zero attached hydrogens (tertiary/aromatic N) is 2. The van der Waals surface area contributed by atoms with E-state index in [4.69, 9.17) is 0 Å². The van der Waals surface area contributed by atoms with E-state index in [1.165, 1.54) is 13.8 Å². The van der Waals surface area contributed by atoms with Crippen LogP contribution in [0, 0.1) is 20.2 Å². The molecule has 0 heterocycles. The molecule has 0 aromatic rings. The van der Waals surface area contributed by atoms with E-state index in [0.29, 0.717) is 0 Å². The molecule has 0 saturated carbocycles. The van der Waals surface area contributed by atoms with Gasteiger partial charge in [0.2, 0.25) is 11.6 Å². The van der Waals surface area contributed by atoms with Gasteiger partial charge in [-0.2, -0.15) is 0 Å². The molecule has 0 fully saturated rings. The van der Waals surface area contributed by atoms with Crippen LogP contribution in [-0.2, 0) is 38.7 Å². The Morgan fingerprint density at radius 3 is 1.14 bits per heavy atom. The van der Waals surface area contributed by atoms with Crippen LogP contribution in [-0.4, -0.2) is 46.1 Å². The Morgan fingerprint density at radius 2 is 1.00 bits per heavy atom. The topological polar surface area (TPSA) is 155 Å². The van der Waals surface area contributed by atoms with E-state index < -0.39 is 34.5 Å². The summed E-state index contributed by atoms with van der Waals surface area (Å²) in [6.45, 7) is 0.939. The van der Waals surface area contributed by atoms with Crippen LogP contribution in [0.2, 0.25) is 0 Å². The van der Waals surface area contributed by atoms with Gasteiger partial charge in [0.15, 0.2) is 0 Å². The van der Waals surface area contributed by atoms with E-state index >= 15 is 0 Å². The van der Waals surface area contributed by atoms with E-state index in [-0.39, 0.29) is 43.9 Å². The maximum absolute atomic E-state index is 10.4. The standard InChI is InChI=1S/2C5H7NO4.Zn/c2*1-4(7)2-5(8)3-6(9)10;/h2*2-3H2,1H3;. The molecule has 0 aromatic carbocycles. The number of hydrogen-bond acceptors (Lipinski definition) is 8. The van der Waals surface area contributed by atoms with Gasteiger partial charge in [-0.1, -0.05) is 0 Å². The Hall–Kier alpha value is -1.90. The minimum absolute atomic E-state index is 0. The second-order valence-electron chi connectivity index (χ2n) is 3.82. The van der Waals surface area contributed by atoms with E-state index in [1.807, 2.05) is 0 Å². The Kier molecular flexibility index (Phi) is 15.1. The number of Topliss-reactive ketones (excluding diaryl/α,β-unsaturated/α-hetero) is 4. The molecule has 11 heteroatoms. The van der Waals surface area contributed by atoms with Gasteiger partial charge in [-0.05, 0) is 13.8 Å². The summed E-state index contributed by atoms with van der Waals surface area (Å²) in [4.78, 5) is 59.0. The van der Waals surface area contributed by atoms with Crippen molar-refractivity contribution in [3.8, 4) is 0 Å². The molecule has 0 spiro atoms. The Bertz CT molecular complexity index is 359. The number of carbonyl (C=O) groups excluding carboxylic acids is 4. The molecule has 0 saturated heterocycles. The van der Waals surface area contributed by atoms with E-state index in [9.17, 15) is 39.4 Å². The van der Waals surface area contributed by atoms with Crippen LogP contribution in [0.1, 0.15) is 26.7 Å². The Balaban J connectivity index is -0.000000295. The summed E-state index contributed by atoms with van der Waals surface area (Å²) in [5, 5.41) is 19.3. The summed E-state index contributed by atoms with van der Waals surface area (Å²) >= 11 is 0. The molecule has 0 aliphatic rings. The first kappa shape index (κ1) is 24.1. The van der Waals surface area contributed by atoms with Gasteiger partial charge in [0, 0.05) is 29.3 Å². The van der Waals surface area contributed by atoms with Crippen molar-refractivity contribution in [1.82, 2.24) is 0 Å². The molecule has 0 unspecified atom stereocenters. The average molecular weight is 356 g/mol. The zero-order valence-electron chi connectivity index (χ0n) is 11.7. The van der Waals surface area contributed by atoms with Crippen LogP contribution in [0.5, 0.6) is 0 Å². The SMILES string of the molecule is CC(=O)CC(=O)C[N+](=O)[O-].CC(=O)CC(=O)C[N+](=O)[O-].[Zn]. The Labute approximate surface area is 132 Å². The fourth-order valence-electron chi connectivity index (χ4n) is 0.955. The van der Waals surface area contributed by atoms with Crippen LogP contribution < -0.4 is 0 Å². The quantitative estimate of drug-likeness (QED) is 0.247. The van der Waals surface area contributed by atoms with Crippen LogP contribution in [0.4, 0.5) is 0 Å². The molecule has 114 valence electrons. The van der Waals surface area contributed by atoms with Gasteiger partial charge >= 0.3 is 0 Å². The van der Waals surface area contributed by atoms with Crippen LogP contribution in [0.15, 0.2) is 0 Å². The molecule has 0 amide bonds. The van der Waals surface area contributed by atoms with Crippen molar-refractivity contribution in [2.45, 2.75) is 26.7 Å². The third-order valence-electron chi connectivity index (χ3n) is 1.50. The molecular weight excluding hydrogens is 342 g/mol. The predicted molar refractivity (Wildman–Crippen MR) is 64.3 cm³/mol. The molecular formula is C10H14N2O8Zn. The van der Waals surface area contributed by atoms with Gasteiger partial charge in [0.1, 0.15) is 11.6 Å². The minimum atomic E-state index is -0.750. The van der Waals surface area contributed by atoms with Gasteiger partial charge in [0.05, 0.1) is 12.8 Å². The largest absolute Gasteiger partial charge is 0.300 e. The number of carbonyl (C=O) groups is 4. The number of rotatable bonds is 8. The summed E-state index contributed by atoms with van der Waals surface area (Å²) < 4.78 is 0. The second kappa shape index (κ2) is 13.1. The van der Waals surface area contributed by atoms with E-state index in [0.717, 1.165) is 0 Å². The first-order valence-electron chi connectivity index (χ1n) is 5.30. The first-order chi connectivity index (χ1) is 9.04. The summed E-state index contributed by atoms with van der Waals surface area (Å²) in [6.07, 6.45) is -0.665. The predicted octanol–water partition coefficient (Wildman–Crippen LogP) is -0.380. The zero-order chi connectivity index (χ0) is 16.3. The summed E-state index contributed by atoms with van der Waals surface area (Å²) in [6, 6.07) is 0. The maximum atomic E-state index is 10.4. The molecule has 0 bridgehead atoms. The van der Waals surface area contributed by atoms with Crippen LogP contribution >= 0.6 is 0 Å². The Morgan fingerprint density at radius 1 is 0.762 bits per heavy atom. The smallest absolute Gasteiger partial charge is 0.261 e. The van der Waals surface area contributed by atoms with Crippen molar-refractivity contribution < 1.29 is 48.5 Å².